The summed E-state index contributed by atoms with van der Waals surface area (Å²) in [6.07, 6.45) is 4.61. The third-order valence-corrected chi connectivity index (χ3v) is 5.98. The molecule has 1 aliphatic rings. The smallest absolute Gasteiger partial charge is 0.253 e. The molecule has 0 aliphatic carbocycles. The van der Waals surface area contributed by atoms with Gasteiger partial charge in [-0.25, -0.2) is 0 Å². The first kappa shape index (κ1) is 20.5. The van der Waals surface area contributed by atoms with Gasteiger partial charge in [-0.05, 0) is 61.0 Å². The highest BCUT2D eigenvalue weighted by Crippen LogP contribution is 2.20. The van der Waals surface area contributed by atoms with Gasteiger partial charge in [0.15, 0.2) is 0 Å². The summed E-state index contributed by atoms with van der Waals surface area (Å²) in [7, 11) is 0. The summed E-state index contributed by atoms with van der Waals surface area (Å²) < 4.78 is 2.22. The summed E-state index contributed by atoms with van der Waals surface area (Å²) in [6, 6.07) is 17.3. The van der Waals surface area contributed by atoms with Crippen LogP contribution in [-0.2, 0) is 11.3 Å². The molecule has 3 aromatic rings. The Morgan fingerprint density at radius 3 is 2.70 bits per heavy atom. The molecule has 1 aromatic heterocycles. The van der Waals surface area contributed by atoms with Crippen LogP contribution in [0.25, 0.3) is 10.9 Å². The topological polar surface area (TPSA) is 54.3 Å². The minimum absolute atomic E-state index is 0.0383. The molecule has 156 valence electrons. The number of likely N-dealkylation sites (tertiary alicyclic amines) is 1. The van der Waals surface area contributed by atoms with Crippen LogP contribution < -0.4 is 5.32 Å². The van der Waals surface area contributed by atoms with Gasteiger partial charge in [0, 0.05) is 48.5 Å². The van der Waals surface area contributed by atoms with Gasteiger partial charge in [-0.15, -0.1) is 0 Å². The second-order valence-corrected chi connectivity index (χ2v) is 8.25. The third-order valence-electron chi connectivity index (χ3n) is 5.73. The molecule has 1 saturated heterocycles. The predicted octanol–water partition coefficient (Wildman–Crippen LogP) is 4.35. The molecule has 5 nitrogen and oxygen atoms in total. The molecule has 0 spiro atoms. The van der Waals surface area contributed by atoms with E-state index in [0.29, 0.717) is 30.2 Å². The van der Waals surface area contributed by atoms with Crippen LogP contribution in [0.2, 0.25) is 5.02 Å². The van der Waals surface area contributed by atoms with Crippen LogP contribution >= 0.6 is 11.6 Å². The number of piperidine rings is 1. The maximum absolute atomic E-state index is 12.7. The second kappa shape index (κ2) is 9.35. The summed E-state index contributed by atoms with van der Waals surface area (Å²) in [5, 5.41) is 4.90. The van der Waals surface area contributed by atoms with E-state index in [-0.39, 0.29) is 17.7 Å². The summed E-state index contributed by atoms with van der Waals surface area (Å²) >= 11 is 5.91. The van der Waals surface area contributed by atoms with E-state index < -0.39 is 0 Å². The first-order valence-corrected chi connectivity index (χ1v) is 10.9. The normalized spacial score (nSPS) is 16.6. The molecule has 2 aromatic carbocycles. The van der Waals surface area contributed by atoms with E-state index in [1.54, 1.807) is 29.2 Å². The van der Waals surface area contributed by atoms with Crippen molar-refractivity contribution in [2.75, 3.05) is 19.6 Å². The molecule has 2 amide bonds. The summed E-state index contributed by atoms with van der Waals surface area (Å²) in [6.45, 7) is 2.65. The molecule has 0 bridgehead atoms. The molecule has 1 atom stereocenters. The number of fused-ring (bicyclic) bond motifs is 1. The van der Waals surface area contributed by atoms with Crippen molar-refractivity contribution in [3.05, 3.63) is 71.4 Å². The molecule has 1 unspecified atom stereocenters. The Morgan fingerprint density at radius 2 is 1.87 bits per heavy atom. The molecule has 0 radical (unpaired) electrons. The fraction of sp³-hybridized carbons (Fsp3) is 0.333. The Labute approximate surface area is 181 Å². The number of aromatic nitrogens is 1. The average molecular weight is 424 g/mol. The van der Waals surface area contributed by atoms with Crippen LogP contribution in [0.5, 0.6) is 0 Å². The standard InChI is InChI=1S/C24H26ClN3O2/c25-21-10-8-19(9-11-21)24(30)28-14-3-6-20(17-28)23(29)26-13-4-15-27-16-12-18-5-1-2-7-22(18)27/h1-2,5,7-12,16,20H,3-4,6,13-15,17H2,(H,26,29). The predicted molar refractivity (Wildman–Crippen MR) is 120 cm³/mol. The van der Waals surface area contributed by atoms with Gasteiger partial charge in [-0.1, -0.05) is 29.8 Å². The quantitative estimate of drug-likeness (QED) is 0.599. The van der Waals surface area contributed by atoms with Gasteiger partial charge < -0.3 is 14.8 Å². The van der Waals surface area contributed by atoms with Crippen molar-refractivity contribution < 1.29 is 9.59 Å². The number of nitrogens with one attached hydrogen (secondary N) is 1. The number of nitrogens with zero attached hydrogens (tertiary/aromatic N) is 2. The largest absolute Gasteiger partial charge is 0.356 e. The van der Waals surface area contributed by atoms with Crippen LogP contribution in [0.3, 0.4) is 0 Å². The molecular weight excluding hydrogens is 398 g/mol. The summed E-state index contributed by atoms with van der Waals surface area (Å²) in [5.41, 5.74) is 1.83. The van der Waals surface area contributed by atoms with Crippen LogP contribution in [0.4, 0.5) is 0 Å². The first-order chi connectivity index (χ1) is 14.6. The highest BCUT2D eigenvalue weighted by atomic mass is 35.5. The maximum Gasteiger partial charge on any atom is 0.253 e. The highest BCUT2D eigenvalue weighted by molar-refractivity contribution is 6.30. The SMILES string of the molecule is O=C(NCCCn1ccc2ccccc21)C1CCCN(C(=O)c2ccc(Cl)cc2)C1. The van der Waals surface area contributed by atoms with Gasteiger partial charge in [0.25, 0.3) is 5.91 Å². The van der Waals surface area contributed by atoms with Crippen LogP contribution in [0, 0.1) is 5.92 Å². The second-order valence-electron chi connectivity index (χ2n) is 7.81. The highest BCUT2D eigenvalue weighted by Gasteiger charge is 2.28. The molecular formula is C24H26ClN3O2. The van der Waals surface area contributed by atoms with E-state index >= 15 is 0 Å². The Kier molecular flexibility index (Phi) is 6.38. The number of carbonyl (C=O) groups excluding carboxylic acids is 2. The molecule has 30 heavy (non-hydrogen) atoms. The van der Waals surface area contributed by atoms with Gasteiger partial charge in [0.05, 0.1) is 5.92 Å². The zero-order valence-corrected chi connectivity index (χ0v) is 17.6. The van der Waals surface area contributed by atoms with E-state index in [1.165, 1.54) is 10.9 Å². The third kappa shape index (κ3) is 4.68. The lowest BCUT2D eigenvalue weighted by molar-refractivity contribution is -0.126. The molecule has 1 N–H and O–H groups in total. The van der Waals surface area contributed by atoms with Crippen molar-refractivity contribution in [2.24, 2.45) is 5.92 Å². The number of amides is 2. The van der Waals surface area contributed by atoms with Crippen LogP contribution in [0.15, 0.2) is 60.8 Å². The van der Waals surface area contributed by atoms with Gasteiger partial charge >= 0.3 is 0 Å². The lowest BCUT2D eigenvalue weighted by atomic mass is 9.96. The van der Waals surface area contributed by atoms with Gasteiger partial charge in [-0.3, -0.25) is 9.59 Å². The molecule has 6 heteroatoms. The zero-order valence-electron chi connectivity index (χ0n) is 16.9. The number of rotatable bonds is 6. The van der Waals surface area contributed by atoms with E-state index in [1.807, 2.05) is 12.1 Å². The first-order valence-electron chi connectivity index (χ1n) is 10.5. The summed E-state index contributed by atoms with van der Waals surface area (Å²) in [4.78, 5) is 27.2. The number of aryl methyl sites for hydroxylation is 1. The lowest BCUT2D eigenvalue weighted by Gasteiger charge is -2.32. The average Bonchev–Trinajstić information content (AvgIpc) is 3.20. The minimum atomic E-state index is -0.151. The molecule has 2 heterocycles. The van der Waals surface area contributed by atoms with Crippen molar-refractivity contribution in [2.45, 2.75) is 25.8 Å². The van der Waals surface area contributed by atoms with Crippen molar-refractivity contribution in [1.29, 1.82) is 0 Å². The lowest BCUT2D eigenvalue weighted by Crippen LogP contribution is -2.45. The molecule has 4 rings (SSSR count). The zero-order chi connectivity index (χ0) is 20.9. The summed E-state index contributed by atoms with van der Waals surface area (Å²) in [5.74, 6) is -0.146. The number of carbonyl (C=O) groups is 2. The number of halogens is 1. The van der Waals surface area contributed by atoms with Crippen molar-refractivity contribution in [3.8, 4) is 0 Å². The van der Waals surface area contributed by atoms with E-state index in [9.17, 15) is 9.59 Å². The van der Waals surface area contributed by atoms with Crippen LogP contribution in [0.1, 0.15) is 29.6 Å². The Balaban J connectivity index is 1.26. The monoisotopic (exact) mass is 423 g/mol. The van der Waals surface area contributed by atoms with Crippen molar-refractivity contribution in [1.82, 2.24) is 14.8 Å². The van der Waals surface area contributed by atoms with Crippen molar-refractivity contribution in [3.63, 3.8) is 0 Å². The van der Waals surface area contributed by atoms with Crippen LogP contribution in [-0.4, -0.2) is 40.9 Å². The van der Waals surface area contributed by atoms with E-state index in [2.05, 4.69) is 34.3 Å². The fourth-order valence-electron chi connectivity index (χ4n) is 4.09. The minimum Gasteiger partial charge on any atom is -0.356 e. The Morgan fingerprint density at radius 1 is 1.07 bits per heavy atom. The van der Waals surface area contributed by atoms with Gasteiger partial charge in [-0.2, -0.15) is 0 Å². The van der Waals surface area contributed by atoms with E-state index in [0.717, 1.165) is 25.8 Å². The fourth-order valence-corrected chi connectivity index (χ4v) is 4.22. The number of para-hydroxylation sites is 1. The van der Waals surface area contributed by atoms with Crippen molar-refractivity contribution >= 4 is 34.3 Å². The number of hydrogen-bond acceptors (Lipinski definition) is 2. The number of hydrogen-bond donors (Lipinski definition) is 1. The van der Waals surface area contributed by atoms with Gasteiger partial charge in [0.1, 0.15) is 0 Å². The molecule has 0 saturated carbocycles. The Hall–Kier alpha value is -2.79. The van der Waals surface area contributed by atoms with E-state index in [4.69, 9.17) is 11.6 Å². The molecule has 1 aliphatic heterocycles. The number of benzene rings is 2. The Bertz CT molecular complexity index is 1030. The molecule has 1 fully saturated rings. The maximum atomic E-state index is 12.7. The van der Waals surface area contributed by atoms with Gasteiger partial charge in [0.2, 0.25) is 5.91 Å².